The molecule has 0 aromatic heterocycles. The van der Waals surface area contributed by atoms with Crippen molar-refractivity contribution in [1.29, 1.82) is 0 Å². The van der Waals surface area contributed by atoms with Gasteiger partial charge in [0.05, 0.1) is 0 Å². The summed E-state index contributed by atoms with van der Waals surface area (Å²) in [6, 6.07) is 7.70. The van der Waals surface area contributed by atoms with Crippen LogP contribution in [0.25, 0.3) is 0 Å². The van der Waals surface area contributed by atoms with Gasteiger partial charge in [-0.3, -0.25) is 14.4 Å². The maximum Gasteiger partial charge on any atom is 0.249 e. The third-order valence-corrected chi connectivity index (χ3v) is 5.71. The summed E-state index contributed by atoms with van der Waals surface area (Å²) in [7, 11) is 0. The van der Waals surface area contributed by atoms with Gasteiger partial charge in [-0.15, -0.1) is 11.8 Å². The van der Waals surface area contributed by atoms with Crippen LogP contribution in [0.5, 0.6) is 0 Å². The zero-order valence-corrected chi connectivity index (χ0v) is 14.7. The lowest BCUT2D eigenvalue weighted by Gasteiger charge is -2.42. The number of carbonyl (C=O) groups excluding carboxylic acids is 3. The summed E-state index contributed by atoms with van der Waals surface area (Å²) in [5, 5.41) is 5.45. The zero-order chi connectivity index (χ0) is 17.5. The average molecular weight is 347 g/mol. The van der Waals surface area contributed by atoms with E-state index in [1.165, 1.54) is 6.92 Å². The molecule has 2 aliphatic rings. The minimum atomic E-state index is -0.801. The largest absolute Gasteiger partial charge is 0.341 e. The number of nitrogens with one attached hydrogen (secondary N) is 2. The Hall–Kier alpha value is -2.02. The highest BCUT2D eigenvalue weighted by molar-refractivity contribution is 8.01. The molecule has 0 spiro atoms. The lowest BCUT2D eigenvalue weighted by atomic mass is 10.0. The monoisotopic (exact) mass is 347 g/mol. The van der Waals surface area contributed by atoms with Crippen LogP contribution >= 0.6 is 11.8 Å². The molecule has 6 nitrogen and oxygen atoms in total. The summed E-state index contributed by atoms with van der Waals surface area (Å²) in [6.07, 6.45) is 0. The fraction of sp³-hybridized carbons (Fsp3) is 0.471. The van der Waals surface area contributed by atoms with Gasteiger partial charge in [0.15, 0.2) is 0 Å². The number of hydrogen-bond donors (Lipinski definition) is 2. The van der Waals surface area contributed by atoms with Crippen molar-refractivity contribution in [2.24, 2.45) is 0 Å². The molecule has 0 bridgehead atoms. The van der Waals surface area contributed by atoms with Crippen molar-refractivity contribution in [1.82, 2.24) is 15.5 Å². The molecule has 0 aliphatic carbocycles. The molecule has 3 rings (SSSR count). The zero-order valence-electron chi connectivity index (χ0n) is 13.9. The summed E-state index contributed by atoms with van der Waals surface area (Å²) in [5.74, 6) is -0.710. The van der Waals surface area contributed by atoms with Gasteiger partial charge in [-0.25, -0.2) is 0 Å². The smallest absolute Gasteiger partial charge is 0.249 e. The second-order valence-corrected chi connectivity index (χ2v) is 8.59. The Bertz CT molecular complexity index is 677. The summed E-state index contributed by atoms with van der Waals surface area (Å²) in [4.78, 5) is 38.2. The third kappa shape index (κ3) is 3.13. The molecule has 24 heavy (non-hydrogen) atoms. The van der Waals surface area contributed by atoms with Crippen LogP contribution < -0.4 is 10.6 Å². The predicted octanol–water partition coefficient (Wildman–Crippen LogP) is 1.04. The van der Waals surface area contributed by atoms with E-state index in [1.54, 1.807) is 28.8 Å². The van der Waals surface area contributed by atoms with E-state index in [4.69, 9.17) is 0 Å². The van der Waals surface area contributed by atoms with Gasteiger partial charge in [0.1, 0.15) is 17.5 Å². The quantitative estimate of drug-likeness (QED) is 0.798. The second kappa shape index (κ2) is 6.12. The number of β-lactam (4-membered cyclic amide) rings is 1. The Morgan fingerprint density at radius 2 is 1.96 bits per heavy atom. The molecule has 2 unspecified atom stereocenters. The molecule has 3 amide bonds. The van der Waals surface area contributed by atoms with Gasteiger partial charge in [-0.1, -0.05) is 30.3 Å². The number of nitrogens with zero attached hydrogens (tertiary/aromatic N) is 1. The molecule has 2 saturated heterocycles. The summed E-state index contributed by atoms with van der Waals surface area (Å²) in [6.45, 7) is 6.24. The first-order valence-corrected chi connectivity index (χ1v) is 8.77. The van der Waals surface area contributed by atoms with Crippen LogP contribution in [0.2, 0.25) is 0 Å². The number of rotatable bonds is 4. The molecule has 7 heteroatoms. The van der Waals surface area contributed by atoms with E-state index in [-0.39, 0.29) is 27.8 Å². The van der Waals surface area contributed by atoms with E-state index in [9.17, 15) is 14.4 Å². The van der Waals surface area contributed by atoms with Crippen LogP contribution in [0.15, 0.2) is 30.3 Å². The predicted molar refractivity (Wildman–Crippen MR) is 92.1 cm³/mol. The number of thioether (sulfide) groups is 1. The first-order valence-electron chi connectivity index (χ1n) is 7.89. The number of amides is 3. The van der Waals surface area contributed by atoms with Gasteiger partial charge in [-0.05, 0) is 19.4 Å². The minimum absolute atomic E-state index is 0.00370. The lowest BCUT2D eigenvalue weighted by molar-refractivity contribution is -0.148. The lowest BCUT2D eigenvalue weighted by Crippen LogP contribution is -2.68. The van der Waals surface area contributed by atoms with E-state index in [0.717, 1.165) is 0 Å². The number of fused-ring (bicyclic) bond motifs is 1. The van der Waals surface area contributed by atoms with Crippen LogP contribution in [0.4, 0.5) is 0 Å². The molecule has 2 N–H and O–H groups in total. The van der Waals surface area contributed by atoms with Crippen LogP contribution in [0, 0.1) is 0 Å². The second-order valence-electron chi connectivity index (χ2n) is 6.76. The van der Waals surface area contributed by atoms with E-state index in [1.807, 2.05) is 18.2 Å². The fourth-order valence-corrected chi connectivity index (χ4v) is 4.61. The van der Waals surface area contributed by atoms with Crippen molar-refractivity contribution < 1.29 is 14.4 Å². The molecule has 1 aromatic rings. The normalized spacial score (nSPS) is 25.5. The van der Waals surface area contributed by atoms with Crippen LogP contribution in [0.3, 0.4) is 0 Å². The van der Waals surface area contributed by atoms with E-state index in [2.05, 4.69) is 24.5 Å². The molecule has 1 aromatic carbocycles. The number of carbonyl (C=O) groups is 3. The maximum atomic E-state index is 12.7. The molecular weight excluding hydrogens is 326 g/mol. The Balaban J connectivity index is 1.73. The fourth-order valence-electron chi connectivity index (χ4n) is 3.12. The van der Waals surface area contributed by atoms with E-state index in [0.29, 0.717) is 12.1 Å². The van der Waals surface area contributed by atoms with E-state index >= 15 is 0 Å². The Morgan fingerprint density at radius 1 is 1.29 bits per heavy atom. The minimum Gasteiger partial charge on any atom is -0.341 e. The highest BCUT2D eigenvalue weighted by Crippen LogP contribution is 2.46. The molecular formula is C17H21N3O3S. The van der Waals surface area contributed by atoms with Gasteiger partial charge in [0.2, 0.25) is 17.7 Å². The molecule has 3 atom stereocenters. The molecule has 0 radical (unpaired) electrons. The first-order chi connectivity index (χ1) is 11.3. The summed E-state index contributed by atoms with van der Waals surface area (Å²) in [5.41, 5.74) is 0.688. The molecule has 2 heterocycles. The third-order valence-electron chi connectivity index (χ3n) is 4.17. The van der Waals surface area contributed by atoms with Crippen molar-refractivity contribution in [3.63, 3.8) is 0 Å². The Kier molecular flexibility index (Phi) is 4.29. The van der Waals surface area contributed by atoms with Crippen LogP contribution in [-0.4, -0.2) is 45.3 Å². The van der Waals surface area contributed by atoms with Gasteiger partial charge >= 0.3 is 0 Å². The van der Waals surface area contributed by atoms with Crippen LogP contribution in [-0.2, 0) is 14.4 Å². The van der Waals surface area contributed by atoms with Gasteiger partial charge in [0.25, 0.3) is 0 Å². The van der Waals surface area contributed by atoms with Crippen LogP contribution in [0.1, 0.15) is 32.4 Å². The van der Waals surface area contributed by atoms with Crippen molar-refractivity contribution in [2.45, 2.75) is 43.0 Å². The highest BCUT2D eigenvalue weighted by Gasteiger charge is 2.56. The first kappa shape index (κ1) is 16.8. The Labute approximate surface area is 145 Å². The topological polar surface area (TPSA) is 78.5 Å². The SMILES string of the molecule is CC(=O)NC(C(=O)N[C@@H]1C(=O)N2CC(C)(C)SC12)c1ccccc1. The molecule has 2 aliphatic heterocycles. The standard InChI is InChI=1S/C17H21N3O3S/c1-10(21)18-12(11-7-5-4-6-8-11)14(22)19-13-15(23)20-9-17(2,3)24-16(13)20/h4-8,12-13,16H,9H2,1-3H3,(H,18,21)(H,19,22)/t12?,13-,16?/m1/s1. The van der Waals surface area contributed by atoms with Gasteiger partial charge < -0.3 is 15.5 Å². The molecule has 0 saturated carbocycles. The van der Waals surface area contributed by atoms with Gasteiger partial charge in [-0.2, -0.15) is 0 Å². The molecule has 2 fully saturated rings. The maximum absolute atomic E-state index is 12.7. The Morgan fingerprint density at radius 3 is 2.58 bits per heavy atom. The summed E-state index contributed by atoms with van der Waals surface area (Å²) < 4.78 is -0.00370. The van der Waals surface area contributed by atoms with Crippen molar-refractivity contribution >= 4 is 29.5 Å². The van der Waals surface area contributed by atoms with E-state index < -0.39 is 12.1 Å². The van der Waals surface area contributed by atoms with Gasteiger partial charge in [0, 0.05) is 18.2 Å². The molecule has 128 valence electrons. The number of hydrogen-bond acceptors (Lipinski definition) is 4. The average Bonchev–Trinajstić information content (AvgIpc) is 2.83. The van der Waals surface area contributed by atoms with Crippen molar-refractivity contribution in [2.75, 3.05) is 6.54 Å². The highest BCUT2D eigenvalue weighted by atomic mass is 32.2. The van der Waals surface area contributed by atoms with Crippen molar-refractivity contribution in [3.8, 4) is 0 Å². The summed E-state index contributed by atoms with van der Waals surface area (Å²) >= 11 is 1.70. The van der Waals surface area contributed by atoms with Crippen molar-refractivity contribution in [3.05, 3.63) is 35.9 Å². The number of benzene rings is 1.